The molecular formula is C12H21NO. The average Bonchev–Trinajstić information content (AvgIpc) is 2.45. The first-order valence-corrected chi connectivity index (χ1v) is 5.50. The van der Waals surface area contributed by atoms with Crippen LogP contribution in [0.25, 0.3) is 0 Å². The highest BCUT2D eigenvalue weighted by molar-refractivity contribution is 4.97. The fourth-order valence-corrected chi connectivity index (χ4v) is 1.99. The van der Waals surface area contributed by atoms with Crippen molar-refractivity contribution in [3.63, 3.8) is 0 Å². The van der Waals surface area contributed by atoms with E-state index in [1.54, 1.807) is 0 Å². The van der Waals surface area contributed by atoms with Crippen LogP contribution < -0.4 is 0 Å². The summed E-state index contributed by atoms with van der Waals surface area (Å²) in [5.41, 5.74) is -0.181. The summed E-state index contributed by atoms with van der Waals surface area (Å²) >= 11 is 0. The van der Waals surface area contributed by atoms with E-state index in [9.17, 15) is 0 Å². The summed E-state index contributed by atoms with van der Waals surface area (Å²) in [6, 6.07) is 2.40. The summed E-state index contributed by atoms with van der Waals surface area (Å²) in [6.45, 7) is 8.36. The molecule has 0 saturated carbocycles. The summed E-state index contributed by atoms with van der Waals surface area (Å²) in [7, 11) is 0. The van der Waals surface area contributed by atoms with Gasteiger partial charge in [-0.15, -0.1) is 0 Å². The predicted molar refractivity (Wildman–Crippen MR) is 56.8 cm³/mol. The number of hydrogen-bond acceptors (Lipinski definition) is 2. The third kappa shape index (κ3) is 2.72. The van der Waals surface area contributed by atoms with Gasteiger partial charge in [0.15, 0.2) is 0 Å². The molecule has 2 heteroatoms. The Morgan fingerprint density at radius 3 is 2.57 bits per heavy atom. The van der Waals surface area contributed by atoms with E-state index in [0.29, 0.717) is 0 Å². The van der Waals surface area contributed by atoms with Crippen LogP contribution in [0.2, 0.25) is 0 Å². The van der Waals surface area contributed by atoms with Crippen molar-refractivity contribution in [1.29, 1.82) is 5.26 Å². The van der Waals surface area contributed by atoms with Crippen LogP contribution in [0.1, 0.15) is 53.4 Å². The molecule has 2 unspecified atom stereocenters. The van der Waals surface area contributed by atoms with Gasteiger partial charge in [0.1, 0.15) is 0 Å². The largest absolute Gasteiger partial charge is 0.372 e. The molecule has 14 heavy (non-hydrogen) atoms. The highest BCUT2D eigenvalue weighted by atomic mass is 16.5. The van der Waals surface area contributed by atoms with Crippen LogP contribution in [0.5, 0.6) is 0 Å². The molecule has 1 saturated heterocycles. The van der Waals surface area contributed by atoms with Gasteiger partial charge < -0.3 is 4.74 Å². The van der Waals surface area contributed by atoms with Crippen molar-refractivity contribution in [2.75, 3.05) is 0 Å². The van der Waals surface area contributed by atoms with Crippen molar-refractivity contribution >= 4 is 0 Å². The second-order valence-electron chi connectivity index (χ2n) is 5.27. The summed E-state index contributed by atoms with van der Waals surface area (Å²) in [6.07, 6.45) is 4.29. The van der Waals surface area contributed by atoms with Gasteiger partial charge in [-0.3, -0.25) is 0 Å². The normalized spacial score (nSPS) is 29.5. The average molecular weight is 195 g/mol. The van der Waals surface area contributed by atoms with Crippen LogP contribution in [0, 0.1) is 16.7 Å². The zero-order valence-electron chi connectivity index (χ0n) is 9.76. The lowest BCUT2D eigenvalue weighted by molar-refractivity contribution is -0.0287. The summed E-state index contributed by atoms with van der Waals surface area (Å²) in [5.74, 6) is 0. The Balaban J connectivity index is 2.51. The minimum atomic E-state index is -0.203. The molecule has 2 atom stereocenters. The number of hydrogen-bond donors (Lipinski definition) is 0. The van der Waals surface area contributed by atoms with Crippen molar-refractivity contribution < 1.29 is 4.74 Å². The molecule has 0 aromatic rings. The fourth-order valence-electron chi connectivity index (χ4n) is 1.99. The van der Waals surface area contributed by atoms with E-state index < -0.39 is 0 Å². The second kappa shape index (κ2) is 3.90. The summed E-state index contributed by atoms with van der Waals surface area (Å²) in [5, 5.41) is 9.07. The lowest BCUT2D eigenvalue weighted by Crippen LogP contribution is -2.25. The van der Waals surface area contributed by atoms with Crippen molar-refractivity contribution in [2.24, 2.45) is 5.41 Å². The third-order valence-corrected chi connectivity index (χ3v) is 3.28. The molecule has 0 N–H and O–H groups in total. The molecule has 1 aliphatic rings. The first-order chi connectivity index (χ1) is 6.41. The highest BCUT2D eigenvalue weighted by Crippen LogP contribution is 2.37. The van der Waals surface area contributed by atoms with Crippen LogP contribution in [-0.4, -0.2) is 11.7 Å². The zero-order valence-corrected chi connectivity index (χ0v) is 9.76. The Hall–Kier alpha value is -0.550. The molecular weight excluding hydrogens is 174 g/mol. The van der Waals surface area contributed by atoms with Crippen LogP contribution in [0.15, 0.2) is 0 Å². The van der Waals surface area contributed by atoms with Gasteiger partial charge in [-0.05, 0) is 46.5 Å². The van der Waals surface area contributed by atoms with E-state index in [4.69, 9.17) is 10.00 Å². The Kier molecular flexibility index (Phi) is 3.21. The van der Waals surface area contributed by atoms with Crippen molar-refractivity contribution in [3.05, 3.63) is 0 Å². The van der Waals surface area contributed by atoms with Gasteiger partial charge >= 0.3 is 0 Å². The number of nitriles is 1. The van der Waals surface area contributed by atoms with Gasteiger partial charge in [0.2, 0.25) is 0 Å². The molecule has 0 bridgehead atoms. The Morgan fingerprint density at radius 2 is 2.21 bits per heavy atom. The van der Waals surface area contributed by atoms with Crippen LogP contribution in [0.3, 0.4) is 0 Å². The molecule has 0 spiro atoms. The first-order valence-electron chi connectivity index (χ1n) is 5.50. The van der Waals surface area contributed by atoms with Crippen LogP contribution >= 0.6 is 0 Å². The molecule has 80 valence electrons. The molecule has 1 heterocycles. The number of nitrogens with zero attached hydrogens (tertiary/aromatic N) is 1. The predicted octanol–water partition coefficient (Wildman–Crippen LogP) is 3.27. The highest BCUT2D eigenvalue weighted by Gasteiger charge is 2.36. The molecule has 0 aromatic carbocycles. The third-order valence-electron chi connectivity index (χ3n) is 3.28. The zero-order chi connectivity index (χ0) is 10.8. The van der Waals surface area contributed by atoms with Gasteiger partial charge in [-0.2, -0.15) is 5.26 Å². The smallest absolute Gasteiger partial charge is 0.0687 e. The minimum Gasteiger partial charge on any atom is -0.372 e. The maximum absolute atomic E-state index is 9.07. The van der Waals surface area contributed by atoms with E-state index in [0.717, 1.165) is 25.7 Å². The van der Waals surface area contributed by atoms with E-state index in [2.05, 4.69) is 26.8 Å². The van der Waals surface area contributed by atoms with E-state index >= 15 is 0 Å². The summed E-state index contributed by atoms with van der Waals surface area (Å²) < 4.78 is 5.90. The maximum Gasteiger partial charge on any atom is 0.0687 e. The van der Waals surface area contributed by atoms with Crippen LogP contribution in [0.4, 0.5) is 0 Å². The lowest BCUT2D eigenvalue weighted by atomic mass is 9.83. The number of ether oxygens (including phenoxy) is 1. The van der Waals surface area contributed by atoms with Crippen molar-refractivity contribution in [2.45, 2.75) is 65.1 Å². The lowest BCUT2D eigenvalue weighted by Gasteiger charge is -2.25. The Morgan fingerprint density at radius 1 is 1.57 bits per heavy atom. The van der Waals surface area contributed by atoms with Crippen LogP contribution in [-0.2, 0) is 4.74 Å². The standard InChI is InChI=1S/C12H21NO/c1-5-12(4,9-13)8-10-6-7-11(2,3)14-10/h10H,5-8H2,1-4H3. The molecule has 2 nitrogen and oxygen atoms in total. The number of rotatable bonds is 3. The monoisotopic (exact) mass is 195 g/mol. The summed E-state index contributed by atoms with van der Waals surface area (Å²) in [4.78, 5) is 0. The van der Waals surface area contributed by atoms with E-state index in [-0.39, 0.29) is 17.1 Å². The molecule has 0 radical (unpaired) electrons. The maximum atomic E-state index is 9.07. The molecule has 1 aliphatic heterocycles. The van der Waals surface area contributed by atoms with Crippen molar-refractivity contribution in [3.8, 4) is 6.07 Å². The van der Waals surface area contributed by atoms with E-state index in [1.165, 1.54) is 0 Å². The fraction of sp³-hybridized carbons (Fsp3) is 0.917. The minimum absolute atomic E-state index is 0.0226. The topological polar surface area (TPSA) is 33.0 Å². The van der Waals surface area contributed by atoms with Gasteiger partial charge in [0.05, 0.1) is 23.2 Å². The van der Waals surface area contributed by atoms with Gasteiger partial charge in [0, 0.05) is 0 Å². The SMILES string of the molecule is CCC(C)(C#N)CC1CCC(C)(C)O1. The molecule has 0 amide bonds. The first kappa shape index (κ1) is 11.5. The second-order valence-corrected chi connectivity index (χ2v) is 5.27. The Bertz CT molecular complexity index is 241. The van der Waals surface area contributed by atoms with E-state index in [1.807, 2.05) is 6.92 Å². The van der Waals surface area contributed by atoms with Gasteiger partial charge in [-0.25, -0.2) is 0 Å². The molecule has 0 aliphatic carbocycles. The molecule has 0 aromatic heterocycles. The Labute approximate surface area is 87.3 Å². The van der Waals surface area contributed by atoms with Crippen molar-refractivity contribution in [1.82, 2.24) is 0 Å². The van der Waals surface area contributed by atoms with Gasteiger partial charge in [0.25, 0.3) is 0 Å². The van der Waals surface area contributed by atoms with Gasteiger partial charge in [-0.1, -0.05) is 6.92 Å². The molecule has 1 fully saturated rings. The quantitative estimate of drug-likeness (QED) is 0.692. The molecule has 1 rings (SSSR count).